The van der Waals surface area contributed by atoms with E-state index in [1.54, 1.807) is 6.20 Å². The molecule has 0 amide bonds. The van der Waals surface area contributed by atoms with Crippen LogP contribution in [0.2, 0.25) is 0 Å². The van der Waals surface area contributed by atoms with E-state index in [-0.39, 0.29) is 5.69 Å². The van der Waals surface area contributed by atoms with Crippen molar-refractivity contribution in [3.8, 4) is 6.07 Å². The molecule has 2 atom stereocenters. The van der Waals surface area contributed by atoms with Crippen LogP contribution in [-0.4, -0.2) is 46.6 Å². The summed E-state index contributed by atoms with van der Waals surface area (Å²) < 4.78 is 0. The van der Waals surface area contributed by atoms with Gasteiger partial charge in [0.1, 0.15) is 24.3 Å². The Morgan fingerprint density at radius 1 is 1.24 bits per heavy atom. The molecule has 2 aromatic heterocycles. The van der Waals surface area contributed by atoms with Crippen molar-refractivity contribution in [3.05, 3.63) is 47.7 Å². The third kappa shape index (κ3) is 4.29. The first kappa shape index (κ1) is 19.1. The lowest BCUT2D eigenvalue weighted by Crippen LogP contribution is -2.26. The summed E-state index contributed by atoms with van der Waals surface area (Å²) in [5.74, 6) is 1.69. The van der Waals surface area contributed by atoms with E-state index in [9.17, 15) is 0 Å². The Kier molecular flexibility index (Phi) is 5.55. The van der Waals surface area contributed by atoms with Crippen LogP contribution in [0.25, 0.3) is 0 Å². The Morgan fingerprint density at radius 2 is 2.10 bits per heavy atom. The second-order valence-corrected chi connectivity index (χ2v) is 7.22. The number of fused-ring (bicyclic) bond motifs is 2. The molecule has 1 fully saturated rings. The number of hydrogen-bond acceptors (Lipinski definition) is 9. The number of pyridine rings is 1. The van der Waals surface area contributed by atoms with E-state index in [1.165, 1.54) is 37.9 Å². The lowest BCUT2D eigenvalue weighted by Gasteiger charge is -2.25. The molecular formula is C20H23N7O2. The fourth-order valence-electron chi connectivity index (χ4n) is 3.82. The van der Waals surface area contributed by atoms with Crippen LogP contribution in [0.1, 0.15) is 24.1 Å². The molecule has 3 heterocycles. The summed E-state index contributed by atoms with van der Waals surface area (Å²) in [5.41, 5.74) is 3.61. The maximum Gasteiger partial charge on any atom is 0.158 e. The summed E-state index contributed by atoms with van der Waals surface area (Å²) in [6, 6.07) is 4.51. The van der Waals surface area contributed by atoms with Gasteiger partial charge >= 0.3 is 0 Å². The van der Waals surface area contributed by atoms with Gasteiger partial charge in [0.2, 0.25) is 0 Å². The number of nitriles is 1. The zero-order valence-electron chi connectivity index (χ0n) is 16.4. The minimum Gasteiger partial charge on any atom is -0.384 e. The van der Waals surface area contributed by atoms with E-state index in [0.717, 1.165) is 17.8 Å². The number of anilines is 3. The molecule has 29 heavy (non-hydrogen) atoms. The summed E-state index contributed by atoms with van der Waals surface area (Å²) in [6.45, 7) is 1.15. The largest absolute Gasteiger partial charge is 0.384 e. The van der Waals surface area contributed by atoms with Gasteiger partial charge in [-0.25, -0.2) is 24.7 Å². The first-order valence-electron chi connectivity index (χ1n) is 9.46. The van der Waals surface area contributed by atoms with Crippen molar-refractivity contribution in [3.63, 3.8) is 0 Å². The predicted molar refractivity (Wildman–Crippen MR) is 107 cm³/mol. The zero-order valence-corrected chi connectivity index (χ0v) is 16.4. The summed E-state index contributed by atoms with van der Waals surface area (Å²) in [7, 11) is 3.63. The molecule has 9 heteroatoms. The summed E-state index contributed by atoms with van der Waals surface area (Å²) in [4.78, 5) is 24.8. The molecule has 1 saturated carbocycles. The standard InChI is InChI=1S/C20H23N7O2/c1-27-11-14-4-17(27)3-13(14)7-23-18-5-19(24-8-15(18)12-29-28-2)26-20-10-22-16(6-21)9-25-20/h5,8-11,13,17H,3-4,7,12H2,1-2H3,(H2,23,24,25,26). The second-order valence-electron chi connectivity index (χ2n) is 7.22. The van der Waals surface area contributed by atoms with Crippen LogP contribution >= 0.6 is 0 Å². The van der Waals surface area contributed by atoms with Gasteiger partial charge in [-0.05, 0) is 24.6 Å². The topological polar surface area (TPSA) is 108 Å². The van der Waals surface area contributed by atoms with Crippen LogP contribution in [0.15, 0.2) is 36.4 Å². The Labute approximate surface area is 169 Å². The molecule has 0 radical (unpaired) electrons. The summed E-state index contributed by atoms with van der Waals surface area (Å²) in [5, 5.41) is 15.5. The second kappa shape index (κ2) is 8.43. The van der Waals surface area contributed by atoms with Gasteiger partial charge in [0.25, 0.3) is 0 Å². The highest BCUT2D eigenvalue weighted by Crippen LogP contribution is 2.40. The molecule has 4 rings (SSSR count). The molecule has 9 nitrogen and oxygen atoms in total. The van der Waals surface area contributed by atoms with E-state index < -0.39 is 0 Å². The Hall–Kier alpha value is -3.22. The molecule has 2 N–H and O–H groups in total. The highest BCUT2D eigenvalue weighted by Gasteiger charge is 2.35. The van der Waals surface area contributed by atoms with Crippen LogP contribution in [0.5, 0.6) is 0 Å². The van der Waals surface area contributed by atoms with Gasteiger partial charge in [0, 0.05) is 49.1 Å². The van der Waals surface area contributed by atoms with Crippen LogP contribution < -0.4 is 10.6 Å². The zero-order chi connectivity index (χ0) is 20.2. The van der Waals surface area contributed by atoms with Crippen LogP contribution in [0, 0.1) is 17.2 Å². The lowest BCUT2D eigenvalue weighted by atomic mass is 10.0. The first-order valence-corrected chi connectivity index (χ1v) is 9.46. The highest BCUT2D eigenvalue weighted by atomic mass is 17.2. The molecule has 0 saturated heterocycles. The Morgan fingerprint density at radius 3 is 2.76 bits per heavy atom. The van der Waals surface area contributed by atoms with Crippen molar-refractivity contribution in [2.75, 3.05) is 31.3 Å². The Bertz CT molecular complexity index is 939. The minimum atomic E-state index is 0.267. The van der Waals surface area contributed by atoms with Crippen molar-refractivity contribution in [1.29, 1.82) is 5.26 Å². The van der Waals surface area contributed by atoms with E-state index in [4.69, 9.17) is 15.0 Å². The van der Waals surface area contributed by atoms with Gasteiger partial charge < -0.3 is 15.5 Å². The van der Waals surface area contributed by atoms with E-state index in [2.05, 4.69) is 43.7 Å². The molecule has 0 aromatic carbocycles. The van der Waals surface area contributed by atoms with Gasteiger partial charge in [-0.2, -0.15) is 5.26 Å². The minimum absolute atomic E-state index is 0.267. The van der Waals surface area contributed by atoms with Crippen LogP contribution in [0.3, 0.4) is 0 Å². The Balaban J connectivity index is 1.47. The number of nitrogens with zero attached hydrogens (tertiary/aromatic N) is 5. The fraction of sp³-hybridized carbons (Fsp3) is 0.400. The molecule has 2 unspecified atom stereocenters. The third-order valence-electron chi connectivity index (χ3n) is 5.38. The smallest absolute Gasteiger partial charge is 0.158 e. The number of aromatic nitrogens is 3. The van der Waals surface area contributed by atoms with E-state index in [1.807, 2.05) is 12.1 Å². The van der Waals surface area contributed by atoms with Crippen molar-refractivity contribution in [2.45, 2.75) is 25.5 Å². The number of rotatable bonds is 8. The normalized spacial score (nSPS) is 19.8. The van der Waals surface area contributed by atoms with Crippen molar-refractivity contribution >= 4 is 17.3 Å². The van der Waals surface area contributed by atoms with Crippen molar-refractivity contribution < 1.29 is 9.78 Å². The number of hydrogen-bond donors (Lipinski definition) is 2. The van der Waals surface area contributed by atoms with E-state index >= 15 is 0 Å². The molecule has 0 spiro atoms. The number of nitrogens with one attached hydrogen (secondary N) is 2. The fourth-order valence-corrected chi connectivity index (χ4v) is 3.82. The van der Waals surface area contributed by atoms with Gasteiger partial charge in [0.15, 0.2) is 5.69 Å². The highest BCUT2D eigenvalue weighted by molar-refractivity contribution is 5.61. The van der Waals surface area contributed by atoms with Crippen molar-refractivity contribution in [2.24, 2.45) is 5.92 Å². The monoisotopic (exact) mass is 393 g/mol. The maximum atomic E-state index is 8.84. The molecule has 1 aliphatic carbocycles. The lowest BCUT2D eigenvalue weighted by molar-refractivity contribution is -0.282. The summed E-state index contributed by atoms with van der Waals surface area (Å²) >= 11 is 0. The molecule has 2 aliphatic rings. The van der Waals surface area contributed by atoms with Crippen LogP contribution in [0.4, 0.5) is 17.3 Å². The average Bonchev–Trinajstić information content (AvgIpc) is 3.31. The molecule has 2 aromatic rings. The predicted octanol–water partition coefficient (Wildman–Crippen LogP) is 2.58. The quantitative estimate of drug-likeness (QED) is 0.517. The van der Waals surface area contributed by atoms with Crippen molar-refractivity contribution in [1.82, 2.24) is 19.9 Å². The van der Waals surface area contributed by atoms with Gasteiger partial charge in [-0.1, -0.05) is 0 Å². The van der Waals surface area contributed by atoms with Gasteiger partial charge in [-0.3, -0.25) is 0 Å². The molecule has 150 valence electrons. The molecule has 2 bridgehead atoms. The van der Waals surface area contributed by atoms with Crippen LogP contribution in [-0.2, 0) is 16.4 Å². The van der Waals surface area contributed by atoms with Gasteiger partial charge in [-0.15, -0.1) is 0 Å². The maximum absolute atomic E-state index is 8.84. The first-order chi connectivity index (χ1) is 14.2. The molecular weight excluding hydrogens is 370 g/mol. The SMILES string of the molecule is COOCc1cnc(Nc2cnc(C#N)cn2)cc1NCC1CC2CC1=CN2C. The van der Waals surface area contributed by atoms with Gasteiger partial charge in [0.05, 0.1) is 19.5 Å². The third-order valence-corrected chi connectivity index (χ3v) is 5.38. The molecule has 1 aliphatic heterocycles. The summed E-state index contributed by atoms with van der Waals surface area (Å²) in [6.07, 6.45) is 9.29. The van der Waals surface area contributed by atoms with E-state index in [0.29, 0.717) is 30.2 Å². The average molecular weight is 393 g/mol.